The van der Waals surface area contributed by atoms with Gasteiger partial charge in [-0.1, -0.05) is 65.4 Å². The number of esters is 1. The van der Waals surface area contributed by atoms with E-state index in [0.717, 1.165) is 11.1 Å². The van der Waals surface area contributed by atoms with Gasteiger partial charge in [-0.2, -0.15) is 0 Å². The summed E-state index contributed by atoms with van der Waals surface area (Å²) in [6, 6.07) is 19.7. The summed E-state index contributed by atoms with van der Waals surface area (Å²) in [5.41, 5.74) is 2.16. The molecule has 3 heterocycles. The van der Waals surface area contributed by atoms with Crippen LogP contribution >= 0.6 is 22.9 Å². The molecule has 1 atom stereocenters. The summed E-state index contributed by atoms with van der Waals surface area (Å²) in [6.07, 6.45) is 1.68. The van der Waals surface area contributed by atoms with Crippen molar-refractivity contribution in [2.24, 2.45) is 4.99 Å². The van der Waals surface area contributed by atoms with Crippen molar-refractivity contribution in [1.29, 1.82) is 0 Å². The van der Waals surface area contributed by atoms with Crippen LogP contribution in [-0.4, -0.2) is 17.6 Å². The maximum Gasteiger partial charge on any atom is 0.338 e. The summed E-state index contributed by atoms with van der Waals surface area (Å²) in [5, 5.41) is 0.580. The Kier molecular flexibility index (Phi) is 5.81. The molecule has 0 bridgehead atoms. The van der Waals surface area contributed by atoms with Crippen LogP contribution in [0, 0.1) is 0 Å². The van der Waals surface area contributed by atoms with Gasteiger partial charge in [0.1, 0.15) is 11.5 Å². The molecule has 0 aliphatic carbocycles. The highest BCUT2D eigenvalue weighted by Crippen LogP contribution is 2.31. The molecule has 0 radical (unpaired) electrons. The van der Waals surface area contributed by atoms with E-state index >= 15 is 0 Å². The maximum absolute atomic E-state index is 13.5. The Morgan fingerprint density at radius 2 is 1.85 bits per heavy atom. The summed E-state index contributed by atoms with van der Waals surface area (Å²) < 4.78 is 13.0. The normalized spacial score (nSPS) is 15.7. The van der Waals surface area contributed by atoms with Gasteiger partial charge in [-0.25, -0.2) is 9.79 Å². The number of benzene rings is 2. The lowest BCUT2D eigenvalue weighted by Crippen LogP contribution is -2.39. The molecule has 2 aromatic carbocycles. The van der Waals surface area contributed by atoms with Crippen LogP contribution in [0.3, 0.4) is 0 Å². The lowest BCUT2D eigenvalue weighted by atomic mass is 9.96. The minimum atomic E-state index is -0.637. The van der Waals surface area contributed by atoms with E-state index in [2.05, 4.69) is 4.99 Å². The molecule has 1 aliphatic rings. The number of nitrogens with zero attached hydrogens (tertiary/aromatic N) is 2. The Morgan fingerprint density at radius 1 is 1.12 bits per heavy atom. The maximum atomic E-state index is 13.5. The fourth-order valence-electron chi connectivity index (χ4n) is 4.01. The van der Waals surface area contributed by atoms with Gasteiger partial charge in [-0.05, 0) is 36.8 Å². The van der Waals surface area contributed by atoms with Gasteiger partial charge in [0.25, 0.3) is 5.56 Å². The average Bonchev–Trinajstić information content (AvgIpc) is 3.43. The van der Waals surface area contributed by atoms with Crippen LogP contribution in [0.15, 0.2) is 92.2 Å². The molecule has 4 aromatic rings. The topological polar surface area (TPSA) is 73.8 Å². The number of carbonyl (C=O) groups excluding carboxylic acids is 1. The van der Waals surface area contributed by atoms with Gasteiger partial charge in [0.2, 0.25) is 0 Å². The number of hydrogen-bond acceptors (Lipinski definition) is 6. The first kappa shape index (κ1) is 22.1. The van der Waals surface area contributed by atoms with E-state index < -0.39 is 12.0 Å². The van der Waals surface area contributed by atoms with Gasteiger partial charge in [-0.15, -0.1) is 0 Å². The number of allylic oxidation sites excluding steroid dienone is 1. The number of halogens is 1. The Morgan fingerprint density at radius 3 is 2.59 bits per heavy atom. The van der Waals surface area contributed by atoms with Crippen molar-refractivity contribution >= 4 is 35.0 Å². The standard InChI is InChI=1S/C26H19ClN2O4S/c1-15-22(25(31)32-2)23(16-8-4-3-5-9-16)29-24(30)21(34-26(29)28-15)14-17-12-13-20(33-17)18-10-6-7-11-19(18)27/h3-14,23H,1-2H3. The van der Waals surface area contributed by atoms with Gasteiger partial charge in [-0.3, -0.25) is 9.36 Å². The van der Waals surface area contributed by atoms with E-state index in [1.807, 2.05) is 54.6 Å². The Hall–Kier alpha value is -3.68. The zero-order valence-electron chi connectivity index (χ0n) is 18.3. The number of furan rings is 1. The predicted octanol–water partition coefficient (Wildman–Crippen LogP) is 4.32. The van der Waals surface area contributed by atoms with Crippen molar-refractivity contribution in [2.45, 2.75) is 13.0 Å². The Bertz CT molecular complexity index is 1610. The highest BCUT2D eigenvalue weighted by atomic mass is 35.5. The third-order valence-corrected chi connectivity index (χ3v) is 6.89. The monoisotopic (exact) mass is 490 g/mol. The average molecular weight is 491 g/mol. The van der Waals surface area contributed by atoms with Crippen LogP contribution in [0.4, 0.5) is 0 Å². The molecule has 1 aliphatic heterocycles. The first-order chi connectivity index (χ1) is 16.5. The largest absolute Gasteiger partial charge is 0.466 e. The van der Waals surface area contributed by atoms with Crippen LogP contribution in [0.1, 0.15) is 24.3 Å². The summed E-state index contributed by atoms with van der Waals surface area (Å²) in [7, 11) is 1.32. The van der Waals surface area contributed by atoms with E-state index in [1.165, 1.54) is 18.4 Å². The molecule has 0 saturated carbocycles. The number of hydrogen-bond donors (Lipinski definition) is 0. The number of thiazole rings is 1. The molecule has 1 unspecified atom stereocenters. The van der Waals surface area contributed by atoms with Crippen molar-refractivity contribution in [2.75, 3.05) is 7.11 Å². The second-order valence-electron chi connectivity index (χ2n) is 7.67. The molecule has 0 spiro atoms. The molecule has 0 amide bonds. The van der Waals surface area contributed by atoms with E-state index in [-0.39, 0.29) is 5.56 Å². The summed E-state index contributed by atoms with van der Waals surface area (Å²) >= 11 is 7.53. The lowest BCUT2D eigenvalue weighted by Gasteiger charge is -2.24. The molecule has 0 N–H and O–H groups in total. The molecular weight excluding hydrogens is 472 g/mol. The second-order valence-corrected chi connectivity index (χ2v) is 9.08. The molecule has 0 fully saturated rings. The van der Waals surface area contributed by atoms with Gasteiger partial charge in [0.15, 0.2) is 4.80 Å². The quantitative estimate of drug-likeness (QED) is 0.399. The smallest absolute Gasteiger partial charge is 0.338 e. The SMILES string of the molecule is COC(=O)C1=C(C)N=c2sc(=Cc3ccc(-c4ccccc4Cl)o3)c(=O)n2C1c1ccccc1. The fraction of sp³-hybridized carbons (Fsp3) is 0.115. The van der Waals surface area contributed by atoms with Crippen molar-refractivity contribution < 1.29 is 13.9 Å². The minimum absolute atomic E-state index is 0.262. The number of carbonyl (C=O) groups is 1. The van der Waals surface area contributed by atoms with Gasteiger partial charge >= 0.3 is 5.97 Å². The van der Waals surface area contributed by atoms with Crippen molar-refractivity contribution in [3.05, 3.63) is 114 Å². The molecule has 5 rings (SSSR count). The number of rotatable bonds is 4. The molecule has 8 heteroatoms. The third-order valence-electron chi connectivity index (χ3n) is 5.58. The van der Waals surface area contributed by atoms with Crippen molar-refractivity contribution in [3.63, 3.8) is 0 Å². The van der Waals surface area contributed by atoms with Crippen LogP contribution in [0.2, 0.25) is 5.02 Å². The van der Waals surface area contributed by atoms with Crippen molar-refractivity contribution in [3.8, 4) is 11.3 Å². The molecule has 6 nitrogen and oxygen atoms in total. The number of methoxy groups -OCH3 is 1. The third kappa shape index (κ3) is 3.83. The number of ether oxygens (including phenoxy) is 1. The number of aromatic nitrogens is 1. The first-order valence-corrected chi connectivity index (χ1v) is 11.7. The lowest BCUT2D eigenvalue weighted by molar-refractivity contribution is -0.136. The van der Waals surface area contributed by atoms with Crippen LogP contribution in [-0.2, 0) is 9.53 Å². The fourth-order valence-corrected chi connectivity index (χ4v) is 5.26. The Labute approximate surface area is 203 Å². The van der Waals surface area contributed by atoms with Crippen LogP contribution in [0.5, 0.6) is 0 Å². The van der Waals surface area contributed by atoms with Gasteiger partial charge in [0.05, 0.1) is 34.0 Å². The number of fused-ring (bicyclic) bond motifs is 1. The van der Waals surface area contributed by atoms with E-state index in [4.69, 9.17) is 20.8 Å². The Balaban J connectivity index is 1.65. The predicted molar refractivity (Wildman–Crippen MR) is 131 cm³/mol. The molecule has 2 aromatic heterocycles. The van der Waals surface area contributed by atoms with Gasteiger partial charge < -0.3 is 9.15 Å². The zero-order valence-corrected chi connectivity index (χ0v) is 19.9. The van der Waals surface area contributed by atoms with Crippen LogP contribution in [0.25, 0.3) is 17.4 Å². The molecular formula is C26H19ClN2O4S. The summed E-state index contributed by atoms with van der Waals surface area (Å²) in [5.74, 6) is 0.607. The van der Waals surface area contributed by atoms with Crippen LogP contribution < -0.4 is 14.9 Å². The van der Waals surface area contributed by atoms with E-state index in [9.17, 15) is 9.59 Å². The first-order valence-electron chi connectivity index (χ1n) is 10.5. The summed E-state index contributed by atoms with van der Waals surface area (Å²) in [6.45, 7) is 1.75. The molecule has 170 valence electrons. The minimum Gasteiger partial charge on any atom is -0.466 e. The molecule has 0 saturated heterocycles. The summed E-state index contributed by atoms with van der Waals surface area (Å²) in [4.78, 5) is 31.3. The van der Waals surface area contributed by atoms with Crippen molar-refractivity contribution in [1.82, 2.24) is 4.57 Å². The molecule has 34 heavy (non-hydrogen) atoms. The highest BCUT2D eigenvalue weighted by molar-refractivity contribution is 7.07. The zero-order chi connectivity index (χ0) is 23.8. The van der Waals surface area contributed by atoms with E-state index in [0.29, 0.717) is 37.1 Å². The highest BCUT2D eigenvalue weighted by Gasteiger charge is 2.32. The van der Waals surface area contributed by atoms with Gasteiger partial charge in [0, 0.05) is 11.6 Å². The second kappa shape index (κ2) is 8.93. The van der Waals surface area contributed by atoms with E-state index in [1.54, 1.807) is 29.7 Å².